The molecule has 10 heteroatoms. The molecule has 1 aliphatic carbocycles. The number of amides is 1. The van der Waals surface area contributed by atoms with Crippen molar-refractivity contribution in [2.45, 2.75) is 25.4 Å². The molecule has 3 N–H and O–H groups in total. The van der Waals surface area contributed by atoms with Crippen LogP contribution in [0.15, 0.2) is 23.6 Å². The van der Waals surface area contributed by atoms with Crippen molar-refractivity contribution >= 4 is 34.6 Å². The highest BCUT2D eigenvalue weighted by molar-refractivity contribution is 7.09. The molecule has 1 aromatic carbocycles. The summed E-state index contributed by atoms with van der Waals surface area (Å²) in [6.45, 7) is 0.0483. The monoisotopic (exact) mass is 362 g/mol. The van der Waals surface area contributed by atoms with E-state index in [9.17, 15) is 19.7 Å². The van der Waals surface area contributed by atoms with E-state index in [1.54, 1.807) is 0 Å². The number of anilines is 1. The Kier molecular flexibility index (Phi) is 4.61. The maximum atomic E-state index is 12.2. The van der Waals surface area contributed by atoms with Gasteiger partial charge in [0.25, 0.3) is 11.6 Å². The Morgan fingerprint density at radius 1 is 1.40 bits per heavy atom. The van der Waals surface area contributed by atoms with E-state index >= 15 is 0 Å². The van der Waals surface area contributed by atoms with Crippen LogP contribution >= 0.6 is 11.3 Å². The molecule has 0 unspecified atom stereocenters. The summed E-state index contributed by atoms with van der Waals surface area (Å²) < 4.78 is 0. The van der Waals surface area contributed by atoms with E-state index < -0.39 is 16.8 Å². The molecule has 2 aromatic rings. The fraction of sp³-hybridized carbons (Fsp3) is 0.267. The van der Waals surface area contributed by atoms with E-state index in [-0.39, 0.29) is 29.5 Å². The van der Waals surface area contributed by atoms with E-state index in [0.717, 1.165) is 24.2 Å². The number of nitro benzene ring substituents is 1. The molecule has 9 nitrogen and oxygen atoms in total. The van der Waals surface area contributed by atoms with Gasteiger partial charge < -0.3 is 15.7 Å². The van der Waals surface area contributed by atoms with Crippen molar-refractivity contribution < 1.29 is 19.6 Å². The van der Waals surface area contributed by atoms with Gasteiger partial charge in [0.2, 0.25) is 0 Å². The van der Waals surface area contributed by atoms with E-state index in [4.69, 9.17) is 5.11 Å². The molecule has 0 saturated heterocycles. The van der Waals surface area contributed by atoms with Crippen LogP contribution in [0.5, 0.6) is 0 Å². The first-order valence-electron chi connectivity index (χ1n) is 7.45. The standard InChI is InChI=1S/C15H14N4O5S/c20-14(16-6-13-18-11(7-25-13)15(21)22)8-1-4-10(17-9-2-3-9)12(5-8)19(23)24/h1,4-5,7,9,17H,2-3,6H2,(H,16,20)(H,21,22). The molecule has 0 radical (unpaired) electrons. The average Bonchev–Trinajstić information content (AvgIpc) is 3.26. The van der Waals surface area contributed by atoms with Gasteiger partial charge in [-0.15, -0.1) is 11.3 Å². The lowest BCUT2D eigenvalue weighted by Gasteiger charge is -2.08. The first-order valence-corrected chi connectivity index (χ1v) is 8.33. The number of carboxylic acid groups (broad SMARTS) is 1. The Balaban J connectivity index is 1.69. The van der Waals surface area contributed by atoms with Crippen molar-refractivity contribution in [1.82, 2.24) is 10.3 Å². The van der Waals surface area contributed by atoms with Gasteiger partial charge in [0, 0.05) is 23.1 Å². The molecule has 3 rings (SSSR count). The zero-order valence-corrected chi connectivity index (χ0v) is 13.7. The third kappa shape index (κ3) is 4.10. The van der Waals surface area contributed by atoms with Gasteiger partial charge in [-0.3, -0.25) is 14.9 Å². The molecule has 0 bridgehead atoms. The Morgan fingerprint density at radius 2 is 2.16 bits per heavy atom. The molecular weight excluding hydrogens is 348 g/mol. The van der Waals surface area contributed by atoms with Crippen LogP contribution in [-0.2, 0) is 6.54 Å². The summed E-state index contributed by atoms with van der Waals surface area (Å²) in [5.74, 6) is -1.63. The van der Waals surface area contributed by atoms with E-state index in [2.05, 4.69) is 15.6 Å². The number of carboxylic acids is 1. The van der Waals surface area contributed by atoms with Gasteiger partial charge >= 0.3 is 5.97 Å². The number of thiazole rings is 1. The van der Waals surface area contributed by atoms with Gasteiger partial charge in [0.1, 0.15) is 10.7 Å². The summed E-state index contributed by atoms with van der Waals surface area (Å²) in [5, 5.41) is 27.5. The van der Waals surface area contributed by atoms with Crippen molar-refractivity contribution in [2.75, 3.05) is 5.32 Å². The number of carbonyl (C=O) groups excluding carboxylic acids is 1. The topological polar surface area (TPSA) is 134 Å². The highest BCUT2D eigenvalue weighted by Crippen LogP contribution is 2.31. The van der Waals surface area contributed by atoms with Gasteiger partial charge in [-0.1, -0.05) is 0 Å². The second-order valence-corrected chi connectivity index (χ2v) is 6.46. The SMILES string of the molecule is O=C(NCc1nc(C(=O)O)cs1)c1ccc(NC2CC2)c([N+](=O)[O-])c1. The van der Waals surface area contributed by atoms with Crippen molar-refractivity contribution in [3.05, 3.63) is 50.0 Å². The van der Waals surface area contributed by atoms with Crippen molar-refractivity contribution in [1.29, 1.82) is 0 Å². The van der Waals surface area contributed by atoms with Crippen LogP contribution in [0.3, 0.4) is 0 Å². The number of nitrogens with one attached hydrogen (secondary N) is 2. The molecule has 1 amide bonds. The summed E-state index contributed by atoms with van der Waals surface area (Å²) in [5.41, 5.74) is 0.320. The van der Waals surface area contributed by atoms with E-state index in [1.807, 2.05) is 0 Å². The number of hydrogen-bond acceptors (Lipinski definition) is 7. The van der Waals surface area contributed by atoms with Gasteiger partial charge in [-0.05, 0) is 25.0 Å². The predicted molar refractivity (Wildman–Crippen MR) is 90.0 cm³/mol. The first-order chi connectivity index (χ1) is 11.9. The predicted octanol–water partition coefficient (Wildman–Crippen LogP) is 2.25. The summed E-state index contributed by atoms with van der Waals surface area (Å²) in [6, 6.07) is 4.52. The molecule has 1 heterocycles. The minimum Gasteiger partial charge on any atom is -0.476 e. The molecule has 1 fully saturated rings. The Morgan fingerprint density at radius 3 is 2.76 bits per heavy atom. The van der Waals surface area contributed by atoms with Crippen LogP contribution < -0.4 is 10.6 Å². The average molecular weight is 362 g/mol. The summed E-state index contributed by atoms with van der Waals surface area (Å²) in [4.78, 5) is 37.5. The second kappa shape index (κ2) is 6.85. The maximum absolute atomic E-state index is 12.2. The molecule has 130 valence electrons. The molecule has 0 spiro atoms. The second-order valence-electron chi connectivity index (χ2n) is 5.52. The minimum atomic E-state index is -1.14. The summed E-state index contributed by atoms with van der Waals surface area (Å²) in [6.07, 6.45) is 1.96. The van der Waals surface area contributed by atoms with Crippen LogP contribution in [-0.4, -0.2) is 32.9 Å². The Labute approximate surface area is 145 Å². The fourth-order valence-corrected chi connectivity index (χ4v) is 2.85. The molecule has 0 atom stereocenters. The van der Waals surface area contributed by atoms with E-state index in [0.29, 0.717) is 10.7 Å². The van der Waals surface area contributed by atoms with Crippen molar-refractivity contribution in [3.63, 3.8) is 0 Å². The lowest BCUT2D eigenvalue weighted by Crippen LogP contribution is -2.23. The van der Waals surface area contributed by atoms with E-state index in [1.165, 1.54) is 23.6 Å². The number of hydrogen-bond donors (Lipinski definition) is 3. The highest BCUT2D eigenvalue weighted by atomic mass is 32.1. The number of carbonyl (C=O) groups is 2. The van der Waals surface area contributed by atoms with Crippen LogP contribution in [0, 0.1) is 10.1 Å². The number of nitro groups is 1. The largest absolute Gasteiger partial charge is 0.476 e. The zero-order chi connectivity index (χ0) is 18.0. The van der Waals surface area contributed by atoms with Crippen LogP contribution in [0.4, 0.5) is 11.4 Å². The number of benzene rings is 1. The summed E-state index contributed by atoms with van der Waals surface area (Å²) >= 11 is 1.11. The molecule has 1 saturated carbocycles. The molecule has 25 heavy (non-hydrogen) atoms. The molecule has 1 aromatic heterocycles. The van der Waals surface area contributed by atoms with Crippen LogP contribution in [0.25, 0.3) is 0 Å². The number of aromatic nitrogens is 1. The van der Waals surface area contributed by atoms with Gasteiger partial charge in [0.15, 0.2) is 5.69 Å². The van der Waals surface area contributed by atoms with Gasteiger partial charge in [0.05, 0.1) is 11.5 Å². The quantitative estimate of drug-likeness (QED) is 0.508. The number of nitrogens with zero attached hydrogens (tertiary/aromatic N) is 2. The lowest BCUT2D eigenvalue weighted by atomic mass is 10.1. The third-order valence-corrected chi connectivity index (χ3v) is 4.41. The van der Waals surface area contributed by atoms with Crippen LogP contribution in [0.1, 0.15) is 38.7 Å². The summed E-state index contributed by atoms with van der Waals surface area (Å²) in [7, 11) is 0. The minimum absolute atomic E-state index is 0.0483. The van der Waals surface area contributed by atoms with Gasteiger partial charge in [-0.2, -0.15) is 0 Å². The molecule has 0 aliphatic heterocycles. The Hall–Kier alpha value is -3.01. The normalized spacial score (nSPS) is 13.3. The highest BCUT2D eigenvalue weighted by Gasteiger charge is 2.25. The molecular formula is C15H14N4O5S. The smallest absolute Gasteiger partial charge is 0.355 e. The fourth-order valence-electron chi connectivity index (χ4n) is 2.14. The molecule has 1 aliphatic rings. The van der Waals surface area contributed by atoms with Crippen molar-refractivity contribution in [3.8, 4) is 0 Å². The first kappa shape index (κ1) is 16.8. The number of aromatic carboxylic acids is 1. The number of rotatable bonds is 7. The van der Waals surface area contributed by atoms with Crippen LogP contribution in [0.2, 0.25) is 0 Å². The maximum Gasteiger partial charge on any atom is 0.355 e. The third-order valence-electron chi connectivity index (χ3n) is 3.56. The van der Waals surface area contributed by atoms with Crippen molar-refractivity contribution in [2.24, 2.45) is 0 Å². The lowest BCUT2D eigenvalue weighted by molar-refractivity contribution is -0.384. The zero-order valence-electron chi connectivity index (χ0n) is 12.9. The Bertz CT molecular complexity index is 846. The van der Waals surface area contributed by atoms with Gasteiger partial charge in [-0.25, -0.2) is 9.78 Å².